The van der Waals surface area contributed by atoms with Gasteiger partial charge in [-0.05, 0) is 4.92 Å². The van der Waals surface area contributed by atoms with Gasteiger partial charge in [-0.3, -0.25) is 9.59 Å². The van der Waals surface area contributed by atoms with Crippen LogP contribution < -0.4 is 10.3 Å². The summed E-state index contributed by atoms with van der Waals surface area (Å²) in [6.45, 7) is -0.671. The van der Waals surface area contributed by atoms with Crippen molar-refractivity contribution in [3.05, 3.63) is 20.5 Å². The summed E-state index contributed by atoms with van der Waals surface area (Å²) in [4.78, 5) is 33.2. The first-order chi connectivity index (χ1) is 12.2. The molecule has 4 N–H and O–H groups in total. The molecule has 1 fully saturated rings. The minimum absolute atomic E-state index is 0.395. The molecule has 0 bridgehead atoms. The summed E-state index contributed by atoms with van der Waals surface area (Å²) in [6, 6.07) is 0. The number of carboxylic acid groups (broad SMARTS) is 1. The molecular weight excluding hydrogens is 378 g/mol. The highest BCUT2D eigenvalue weighted by molar-refractivity contribution is 8.00. The Morgan fingerprint density at radius 1 is 1.46 bits per heavy atom. The van der Waals surface area contributed by atoms with Gasteiger partial charge >= 0.3 is 17.3 Å². The summed E-state index contributed by atoms with van der Waals surface area (Å²) in [6.07, 6.45) is -6.08. The molecule has 0 unspecified atom stereocenters. The normalized spacial score (nSPS) is 25.2. The number of nitrogens with zero attached hydrogens (tertiary/aromatic N) is 3. The van der Waals surface area contributed by atoms with Gasteiger partial charge < -0.3 is 40.0 Å². The van der Waals surface area contributed by atoms with Crippen molar-refractivity contribution >= 4 is 23.5 Å². The third kappa shape index (κ3) is 3.63. The molecule has 1 aromatic heterocycles. The van der Waals surface area contributed by atoms with E-state index in [2.05, 4.69) is 5.10 Å². The Kier molecular flexibility index (Phi) is 6.14. The maximum Gasteiger partial charge on any atom is 0.406 e. The number of thioether (sulfide) groups is 1. The molecule has 1 saturated heterocycles. The maximum atomic E-state index is 12.5. The van der Waals surface area contributed by atoms with Crippen molar-refractivity contribution in [2.45, 2.75) is 29.4 Å². The van der Waals surface area contributed by atoms with Gasteiger partial charge in [0, 0.05) is 0 Å². The standard InChI is InChI=1S/C12H15N3O10S/c1-24-8-9(26-3-5(17)18)10(15(22)23)13-14(11(8)21)12-7(20)6(19)4(2-16)25-12/h4,6-7,12,16,19-20H,2-3H2,1H3,(H,17,18)/t4-,6-,7-,12-/m1/s1. The number of ether oxygens (including phenoxy) is 2. The molecule has 1 aromatic rings. The van der Waals surface area contributed by atoms with Gasteiger partial charge in [0.05, 0.1) is 24.6 Å². The Morgan fingerprint density at radius 3 is 2.58 bits per heavy atom. The molecule has 0 saturated carbocycles. The lowest BCUT2D eigenvalue weighted by Crippen LogP contribution is -2.37. The average Bonchev–Trinajstić information content (AvgIpc) is 2.87. The highest BCUT2D eigenvalue weighted by Gasteiger charge is 2.47. The van der Waals surface area contributed by atoms with E-state index in [9.17, 15) is 29.9 Å². The molecular formula is C12H15N3O10S. The second-order valence-electron chi connectivity index (χ2n) is 5.10. The molecule has 0 radical (unpaired) electrons. The third-order valence-corrected chi connectivity index (χ3v) is 4.54. The molecule has 14 heteroatoms. The Morgan fingerprint density at radius 2 is 2.12 bits per heavy atom. The zero-order valence-electron chi connectivity index (χ0n) is 13.2. The topological polar surface area (TPSA) is 194 Å². The van der Waals surface area contributed by atoms with Crippen LogP contribution in [-0.4, -0.2) is 78.9 Å². The fraction of sp³-hybridized carbons (Fsp3) is 0.583. The van der Waals surface area contributed by atoms with Crippen LogP contribution in [-0.2, 0) is 9.53 Å². The summed E-state index contributed by atoms with van der Waals surface area (Å²) < 4.78 is 10.4. The van der Waals surface area contributed by atoms with Crippen LogP contribution in [0.5, 0.6) is 5.75 Å². The first kappa shape index (κ1) is 20.1. The van der Waals surface area contributed by atoms with E-state index in [1.54, 1.807) is 0 Å². The fourth-order valence-electron chi connectivity index (χ4n) is 2.31. The molecule has 2 rings (SSSR count). The van der Waals surface area contributed by atoms with E-state index in [1.807, 2.05) is 0 Å². The van der Waals surface area contributed by atoms with Gasteiger partial charge in [-0.2, -0.15) is 0 Å². The SMILES string of the molecule is COc1c(SCC(=O)O)c([N+](=O)[O-])nn([C@@H]2O[C@H](CO)[C@@H](O)[C@H]2O)c1=O. The van der Waals surface area contributed by atoms with Crippen molar-refractivity contribution < 1.29 is 39.6 Å². The summed E-state index contributed by atoms with van der Waals surface area (Å²) in [5, 5.41) is 52.4. The van der Waals surface area contributed by atoms with Gasteiger partial charge in [-0.25, -0.2) is 0 Å². The Labute approximate surface area is 148 Å². The largest absolute Gasteiger partial charge is 0.490 e. The predicted octanol–water partition coefficient (Wildman–Crippen LogP) is -2.05. The second kappa shape index (κ2) is 7.96. The highest BCUT2D eigenvalue weighted by atomic mass is 32.2. The highest BCUT2D eigenvalue weighted by Crippen LogP contribution is 2.35. The predicted molar refractivity (Wildman–Crippen MR) is 83.1 cm³/mol. The fourth-order valence-corrected chi connectivity index (χ4v) is 3.13. The van der Waals surface area contributed by atoms with Crippen molar-refractivity contribution in [2.24, 2.45) is 0 Å². The van der Waals surface area contributed by atoms with Crippen LogP contribution >= 0.6 is 11.8 Å². The Bertz CT molecular complexity index is 768. The van der Waals surface area contributed by atoms with Crippen LogP contribution in [0.25, 0.3) is 0 Å². The smallest absolute Gasteiger partial charge is 0.406 e. The van der Waals surface area contributed by atoms with Crippen molar-refractivity contribution in [2.75, 3.05) is 19.5 Å². The molecule has 0 aromatic carbocycles. The molecule has 26 heavy (non-hydrogen) atoms. The summed E-state index contributed by atoms with van der Waals surface area (Å²) in [5.74, 6) is -3.31. The van der Waals surface area contributed by atoms with E-state index in [0.717, 1.165) is 7.11 Å². The number of carbonyl (C=O) groups is 1. The molecule has 144 valence electrons. The number of carboxylic acids is 1. The average molecular weight is 393 g/mol. The van der Waals surface area contributed by atoms with Crippen LogP contribution in [0.2, 0.25) is 0 Å². The molecule has 0 aliphatic carbocycles. The van der Waals surface area contributed by atoms with E-state index in [1.165, 1.54) is 0 Å². The van der Waals surface area contributed by atoms with Crippen LogP contribution in [0.4, 0.5) is 5.82 Å². The lowest BCUT2D eigenvalue weighted by molar-refractivity contribution is -0.394. The quantitative estimate of drug-likeness (QED) is 0.225. The zero-order valence-corrected chi connectivity index (χ0v) is 14.0. The number of aliphatic hydroxyl groups is 3. The summed E-state index contributed by atoms with van der Waals surface area (Å²) in [5.41, 5.74) is -1.04. The molecule has 0 amide bonds. The number of rotatable bonds is 7. The van der Waals surface area contributed by atoms with Gasteiger partial charge in [-0.15, -0.1) is 11.8 Å². The number of methoxy groups -OCH3 is 1. The van der Waals surface area contributed by atoms with Gasteiger partial charge in [0.2, 0.25) is 12.0 Å². The number of aromatic nitrogens is 2. The van der Waals surface area contributed by atoms with Crippen molar-refractivity contribution in [3.63, 3.8) is 0 Å². The van der Waals surface area contributed by atoms with Gasteiger partial charge in [0.25, 0.3) is 0 Å². The van der Waals surface area contributed by atoms with Crippen LogP contribution in [0.1, 0.15) is 6.23 Å². The molecule has 0 spiro atoms. The second-order valence-corrected chi connectivity index (χ2v) is 6.09. The number of nitro groups is 1. The number of hydrogen-bond donors (Lipinski definition) is 4. The van der Waals surface area contributed by atoms with Crippen LogP contribution in [0, 0.1) is 10.1 Å². The van der Waals surface area contributed by atoms with E-state index in [0.29, 0.717) is 16.4 Å². The summed E-state index contributed by atoms with van der Waals surface area (Å²) >= 11 is 0.472. The monoisotopic (exact) mass is 393 g/mol. The van der Waals surface area contributed by atoms with Gasteiger partial charge in [-0.1, -0.05) is 4.68 Å². The molecule has 13 nitrogen and oxygen atoms in total. The molecule has 2 heterocycles. The summed E-state index contributed by atoms with van der Waals surface area (Å²) in [7, 11) is 1.05. The number of hydrogen-bond acceptors (Lipinski definition) is 11. The zero-order chi connectivity index (χ0) is 19.6. The van der Waals surface area contributed by atoms with Gasteiger partial charge in [0.1, 0.15) is 18.3 Å². The van der Waals surface area contributed by atoms with E-state index < -0.39 is 69.8 Å². The number of aliphatic hydroxyl groups excluding tert-OH is 3. The van der Waals surface area contributed by atoms with Crippen molar-refractivity contribution in [3.8, 4) is 5.75 Å². The van der Waals surface area contributed by atoms with E-state index in [4.69, 9.17) is 19.7 Å². The Balaban J connectivity index is 2.59. The minimum Gasteiger partial charge on any atom is -0.490 e. The lowest BCUT2D eigenvalue weighted by atomic mass is 10.1. The van der Waals surface area contributed by atoms with Gasteiger partial charge in [0.15, 0.2) is 4.90 Å². The third-order valence-electron chi connectivity index (χ3n) is 3.49. The first-order valence-corrected chi connectivity index (χ1v) is 8.03. The molecule has 1 aliphatic rings. The van der Waals surface area contributed by atoms with Crippen LogP contribution in [0.3, 0.4) is 0 Å². The van der Waals surface area contributed by atoms with Crippen LogP contribution in [0.15, 0.2) is 9.69 Å². The maximum absolute atomic E-state index is 12.5. The first-order valence-electron chi connectivity index (χ1n) is 7.05. The lowest BCUT2D eigenvalue weighted by Gasteiger charge is -2.15. The Hall–Kier alpha value is -2.26. The van der Waals surface area contributed by atoms with Crippen molar-refractivity contribution in [1.29, 1.82) is 0 Å². The van der Waals surface area contributed by atoms with E-state index >= 15 is 0 Å². The van der Waals surface area contributed by atoms with E-state index in [-0.39, 0.29) is 0 Å². The van der Waals surface area contributed by atoms with Crippen molar-refractivity contribution in [1.82, 2.24) is 9.78 Å². The molecule has 4 atom stereocenters. The number of aliphatic carboxylic acids is 1. The minimum atomic E-state index is -1.70. The molecule has 1 aliphatic heterocycles.